The highest BCUT2D eigenvalue weighted by Gasteiger charge is 2.15. The molecule has 2 rings (SSSR count). The van der Waals surface area contributed by atoms with Gasteiger partial charge in [0.25, 0.3) is 0 Å². The Hall–Kier alpha value is -1.11. The van der Waals surface area contributed by atoms with Crippen LogP contribution in [-0.2, 0) is 14.3 Å². The summed E-state index contributed by atoms with van der Waals surface area (Å²) < 4.78 is 11.8. The highest BCUT2D eigenvalue weighted by Crippen LogP contribution is 2.27. The van der Waals surface area contributed by atoms with Crippen molar-refractivity contribution in [2.45, 2.75) is 32.3 Å². The van der Waals surface area contributed by atoms with Gasteiger partial charge in [-0.15, -0.1) is 0 Å². The number of ether oxygens (including phenoxy) is 2. The SMILES string of the molecule is Cc1cc(Br)cc(NC(=O)CCOC2CCOCC2)c1N. The summed E-state index contributed by atoms with van der Waals surface area (Å²) in [5, 5.41) is 2.83. The maximum absolute atomic E-state index is 11.9. The van der Waals surface area contributed by atoms with Gasteiger partial charge in [-0.1, -0.05) is 15.9 Å². The molecule has 0 saturated carbocycles. The van der Waals surface area contributed by atoms with Crippen molar-refractivity contribution in [1.82, 2.24) is 0 Å². The number of benzene rings is 1. The lowest BCUT2D eigenvalue weighted by molar-refractivity contribution is -0.118. The molecule has 1 aromatic carbocycles. The van der Waals surface area contributed by atoms with Crippen LogP contribution in [0.5, 0.6) is 0 Å². The number of aryl methyl sites for hydroxylation is 1. The molecule has 6 heteroatoms. The van der Waals surface area contributed by atoms with Crippen LogP contribution in [0.15, 0.2) is 16.6 Å². The van der Waals surface area contributed by atoms with E-state index in [4.69, 9.17) is 15.2 Å². The summed E-state index contributed by atoms with van der Waals surface area (Å²) in [7, 11) is 0. The van der Waals surface area contributed by atoms with Crippen LogP contribution in [0.1, 0.15) is 24.8 Å². The molecule has 0 aromatic heterocycles. The topological polar surface area (TPSA) is 73.6 Å². The second kappa shape index (κ2) is 7.77. The van der Waals surface area contributed by atoms with E-state index in [-0.39, 0.29) is 12.0 Å². The number of amides is 1. The summed E-state index contributed by atoms with van der Waals surface area (Å²) in [4.78, 5) is 11.9. The largest absolute Gasteiger partial charge is 0.397 e. The lowest BCUT2D eigenvalue weighted by Crippen LogP contribution is -2.25. The van der Waals surface area contributed by atoms with Crippen molar-refractivity contribution in [2.75, 3.05) is 30.9 Å². The van der Waals surface area contributed by atoms with Crippen LogP contribution in [-0.4, -0.2) is 31.8 Å². The van der Waals surface area contributed by atoms with Crippen molar-refractivity contribution in [3.63, 3.8) is 0 Å². The van der Waals surface area contributed by atoms with Gasteiger partial charge in [0, 0.05) is 17.7 Å². The first-order chi connectivity index (χ1) is 10.1. The average molecular weight is 357 g/mol. The van der Waals surface area contributed by atoms with E-state index in [0.29, 0.717) is 24.4 Å². The van der Waals surface area contributed by atoms with E-state index in [0.717, 1.165) is 36.1 Å². The third kappa shape index (κ3) is 4.98. The number of nitrogen functional groups attached to an aromatic ring is 1. The van der Waals surface area contributed by atoms with Gasteiger partial charge in [0.15, 0.2) is 0 Å². The first-order valence-electron chi connectivity index (χ1n) is 7.11. The van der Waals surface area contributed by atoms with E-state index < -0.39 is 0 Å². The summed E-state index contributed by atoms with van der Waals surface area (Å²) >= 11 is 3.40. The number of hydrogen-bond donors (Lipinski definition) is 2. The van der Waals surface area contributed by atoms with Gasteiger partial charge in [-0.05, 0) is 37.5 Å². The Morgan fingerprint density at radius 2 is 2.19 bits per heavy atom. The van der Waals surface area contributed by atoms with Crippen molar-refractivity contribution >= 4 is 33.2 Å². The number of nitrogens with one attached hydrogen (secondary N) is 1. The highest BCUT2D eigenvalue weighted by atomic mass is 79.9. The molecule has 1 saturated heterocycles. The van der Waals surface area contributed by atoms with Gasteiger partial charge in [0.1, 0.15) is 0 Å². The van der Waals surface area contributed by atoms with Crippen molar-refractivity contribution in [2.24, 2.45) is 0 Å². The Kier molecular flexibility index (Phi) is 6.02. The van der Waals surface area contributed by atoms with Crippen molar-refractivity contribution in [3.05, 3.63) is 22.2 Å². The molecule has 3 N–H and O–H groups in total. The minimum atomic E-state index is -0.0914. The third-order valence-corrected chi connectivity index (χ3v) is 3.93. The van der Waals surface area contributed by atoms with Gasteiger partial charge in [0.05, 0.1) is 30.5 Å². The number of anilines is 2. The molecular weight excluding hydrogens is 336 g/mol. The molecule has 1 fully saturated rings. The van der Waals surface area contributed by atoms with E-state index in [9.17, 15) is 4.79 Å². The Bertz CT molecular complexity index is 502. The molecule has 1 aromatic rings. The number of hydrogen-bond acceptors (Lipinski definition) is 4. The third-order valence-electron chi connectivity index (χ3n) is 3.48. The Labute approximate surface area is 133 Å². The molecule has 0 unspecified atom stereocenters. The molecular formula is C15H21BrN2O3. The second-order valence-corrected chi connectivity index (χ2v) is 6.08. The minimum absolute atomic E-state index is 0.0914. The van der Waals surface area contributed by atoms with Gasteiger partial charge >= 0.3 is 0 Å². The standard InChI is InChI=1S/C15H21BrN2O3/c1-10-8-11(16)9-13(15(10)17)18-14(19)4-7-21-12-2-5-20-6-3-12/h8-9,12H,2-7,17H2,1H3,(H,18,19). The summed E-state index contributed by atoms with van der Waals surface area (Å²) in [6.45, 7) is 3.81. The van der Waals surface area contributed by atoms with E-state index in [1.54, 1.807) is 6.07 Å². The van der Waals surface area contributed by atoms with Gasteiger partial charge < -0.3 is 20.5 Å². The molecule has 0 spiro atoms. The molecule has 116 valence electrons. The van der Waals surface area contributed by atoms with E-state index in [1.807, 2.05) is 13.0 Å². The fraction of sp³-hybridized carbons (Fsp3) is 0.533. The highest BCUT2D eigenvalue weighted by molar-refractivity contribution is 9.10. The normalized spacial score (nSPS) is 15.9. The van der Waals surface area contributed by atoms with Crippen LogP contribution in [0, 0.1) is 6.92 Å². The van der Waals surface area contributed by atoms with Crippen molar-refractivity contribution < 1.29 is 14.3 Å². The molecule has 0 radical (unpaired) electrons. The number of halogens is 1. The van der Waals surface area contributed by atoms with Crippen LogP contribution in [0.3, 0.4) is 0 Å². The lowest BCUT2D eigenvalue weighted by atomic mass is 10.1. The Morgan fingerprint density at radius 1 is 1.48 bits per heavy atom. The summed E-state index contributed by atoms with van der Waals surface area (Å²) in [6.07, 6.45) is 2.34. The van der Waals surface area contributed by atoms with Crippen molar-refractivity contribution in [1.29, 1.82) is 0 Å². The lowest BCUT2D eigenvalue weighted by Gasteiger charge is -2.22. The van der Waals surface area contributed by atoms with E-state index in [1.165, 1.54) is 0 Å². The first kappa shape index (κ1) is 16.3. The minimum Gasteiger partial charge on any atom is -0.397 e. The van der Waals surface area contributed by atoms with Crippen LogP contribution >= 0.6 is 15.9 Å². The molecule has 21 heavy (non-hydrogen) atoms. The van der Waals surface area contributed by atoms with Crippen LogP contribution < -0.4 is 11.1 Å². The first-order valence-corrected chi connectivity index (χ1v) is 7.90. The van der Waals surface area contributed by atoms with E-state index in [2.05, 4.69) is 21.2 Å². The number of nitrogens with two attached hydrogens (primary N) is 1. The van der Waals surface area contributed by atoms with Gasteiger partial charge in [-0.25, -0.2) is 0 Å². The molecule has 5 nitrogen and oxygen atoms in total. The predicted molar refractivity (Wildman–Crippen MR) is 86.3 cm³/mol. The summed E-state index contributed by atoms with van der Waals surface area (Å²) in [5.74, 6) is -0.0914. The fourth-order valence-electron chi connectivity index (χ4n) is 2.23. The van der Waals surface area contributed by atoms with Gasteiger partial charge in [-0.3, -0.25) is 4.79 Å². The quantitative estimate of drug-likeness (QED) is 0.795. The molecule has 0 bridgehead atoms. The fourth-order valence-corrected chi connectivity index (χ4v) is 2.80. The summed E-state index contributed by atoms with van der Waals surface area (Å²) in [6, 6.07) is 3.72. The molecule has 1 heterocycles. The van der Waals surface area contributed by atoms with E-state index >= 15 is 0 Å². The van der Waals surface area contributed by atoms with Crippen molar-refractivity contribution in [3.8, 4) is 0 Å². The van der Waals surface area contributed by atoms with Crippen LogP contribution in [0.2, 0.25) is 0 Å². The Morgan fingerprint density at radius 3 is 2.90 bits per heavy atom. The number of carbonyl (C=O) groups is 1. The Balaban J connectivity index is 1.79. The maximum atomic E-state index is 11.9. The predicted octanol–water partition coefficient (Wildman–Crippen LogP) is 2.86. The monoisotopic (exact) mass is 356 g/mol. The number of rotatable bonds is 5. The zero-order valence-corrected chi connectivity index (χ0v) is 13.7. The number of carbonyl (C=O) groups excluding carboxylic acids is 1. The van der Waals surface area contributed by atoms with Gasteiger partial charge in [0.2, 0.25) is 5.91 Å². The second-order valence-electron chi connectivity index (χ2n) is 5.16. The summed E-state index contributed by atoms with van der Waals surface area (Å²) in [5.41, 5.74) is 8.12. The van der Waals surface area contributed by atoms with Gasteiger partial charge in [-0.2, -0.15) is 0 Å². The molecule has 1 aliphatic rings. The average Bonchev–Trinajstić information content (AvgIpc) is 2.45. The molecule has 0 atom stereocenters. The molecule has 1 amide bonds. The zero-order valence-electron chi connectivity index (χ0n) is 12.2. The van der Waals surface area contributed by atoms with Crippen LogP contribution in [0.25, 0.3) is 0 Å². The van der Waals surface area contributed by atoms with Crippen LogP contribution in [0.4, 0.5) is 11.4 Å². The smallest absolute Gasteiger partial charge is 0.226 e. The maximum Gasteiger partial charge on any atom is 0.226 e. The molecule has 0 aliphatic carbocycles. The molecule has 1 aliphatic heterocycles. The zero-order chi connectivity index (χ0) is 15.2.